The minimum Gasteiger partial charge on any atom is -0.481 e. The molecule has 41 heavy (non-hydrogen) atoms. The van der Waals surface area contributed by atoms with Crippen molar-refractivity contribution in [3.63, 3.8) is 0 Å². The highest BCUT2D eigenvalue weighted by Gasteiger charge is 2.54. The van der Waals surface area contributed by atoms with E-state index in [2.05, 4.69) is 5.32 Å². The Morgan fingerprint density at radius 1 is 0.878 bits per heavy atom. The van der Waals surface area contributed by atoms with E-state index in [4.69, 9.17) is 24.1 Å². The summed E-state index contributed by atoms with van der Waals surface area (Å²) in [5.74, 6) is -7.60. The van der Waals surface area contributed by atoms with Crippen molar-refractivity contribution >= 4 is 29.8 Å². The molecule has 2 aliphatic heterocycles. The van der Waals surface area contributed by atoms with E-state index in [-0.39, 0.29) is 52.3 Å². The van der Waals surface area contributed by atoms with Crippen LogP contribution in [0, 0.1) is 11.6 Å². The van der Waals surface area contributed by atoms with E-state index >= 15 is 8.78 Å². The zero-order valence-corrected chi connectivity index (χ0v) is 21.3. The van der Waals surface area contributed by atoms with Crippen LogP contribution in [0.1, 0.15) is 57.7 Å². The summed E-state index contributed by atoms with van der Waals surface area (Å²) in [5.41, 5.74) is -2.15. The number of amides is 1. The van der Waals surface area contributed by atoms with E-state index in [0.29, 0.717) is 0 Å². The third kappa shape index (κ3) is 4.71. The van der Waals surface area contributed by atoms with Crippen molar-refractivity contribution in [2.24, 2.45) is 0 Å². The Kier molecular flexibility index (Phi) is 6.65. The number of nitrogens with one attached hydrogen (secondary N) is 1. The van der Waals surface area contributed by atoms with Gasteiger partial charge in [-0.2, -0.15) is 0 Å². The van der Waals surface area contributed by atoms with Crippen LogP contribution in [0.25, 0.3) is 0 Å². The lowest BCUT2D eigenvalue weighted by Crippen LogP contribution is -2.33. The Bertz CT molecular complexity index is 1610. The zero-order valence-electron chi connectivity index (χ0n) is 21.3. The number of carbonyl (C=O) groups is 5. The molecule has 2 aliphatic rings. The number of carbonyl (C=O) groups excluding carboxylic acids is 4. The number of hydrogen-bond donors (Lipinski definition) is 2. The van der Waals surface area contributed by atoms with Crippen LogP contribution < -0.4 is 19.5 Å². The molecule has 5 rings (SSSR count). The van der Waals surface area contributed by atoms with Gasteiger partial charge in [-0.1, -0.05) is 6.07 Å². The summed E-state index contributed by atoms with van der Waals surface area (Å²) >= 11 is 0. The molecule has 13 heteroatoms. The lowest BCUT2D eigenvalue weighted by molar-refractivity contribution is -0.137. The van der Waals surface area contributed by atoms with Gasteiger partial charge in [-0.25, -0.2) is 13.6 Å². The highest BCUT2D eigenvalue weighted by atomic mass is 19.1. The van der Waals surface area contributed by atoms with Crippen molar-refractivity contribution in [3.05, 3.63) is 81.9 Å². The van der Waals surface area contributed by atoms with Gasteiger partial charge in [0, 0.05) is 43.7 Å². The van der Waals surface area contributed by atoms with E-state index in [1.807, 2.05) is 0 Å². The van der Waals surface area contributed by atoms with Gasteiger partial charge in [0.15, 0.2) is 28.7 Å². The van der Waals surface area contributed by atoms with Crippen molar-refractivity contribution in [3.8, 4) is 23.0 Å². The fraction of sp³-hybridized carbons (Fsp3) is 0.179. The first-order valence-electron chi connectivity index (χ1n) is 12.0. The van der Waals surface area contributed by atoms with Crippen LogP contribution in [0.4, 0.5) is 8.78 Å². The van der Waals surface area contributed by atoms with E-state index in [0.717, 1.165) is 38.1 Å². The van der Waals surface area contributed by atoms with Crippen molar-refractivity contribution in [1.82, 2.24) is 5.32 Å². The van der Waals surface area contributed by atoms with Crippen molar-refractivity contribution in [2.75, 3.05) is 6.54 Å². The van der Waals surface area contributed by atoms with Crippen LogP contribution in [0.2, 0.25) is 0 Å². The highest BCUT2D eigenvalue weighted by Crippen LogP contribution is 2.57. The van der Waals surface area contributed by atoms with Crippen LogP contribution in [-0.4, -0.2) is 41.4 Å². The lowest BCUT2D eigenvalue weighted by Gasteiger charge is -2.36. The van der Waals surface area contributed by atoms with Gasteiger partial charge >= 0.3 is 23.9 Å². The Labute approximate surface area is 229 Å². The average Bonchev–Trinajstić information content (AvgIpc) is 3.18. The number of carboxylic acids is 1. The molecular weight excluding hydrogens is 548 g/mol. The maximum absolute atomic E-state index is 15.2. The normalized spacial score (nSPS) is 13.7. The molecule has 0 aromatic heterocycles. The Balaban J connectivity index is 1.70. The second kappa shape index (κ2) is 10.0. The van der Waals surface area contributed by atoms with Gasteiger partial charge in [0.05, 0.1) is 23.1 Å². The van der Waals surface area contributed by atoms with E-state index < -0.39 is 58.5 Å². The largest absolute Gasteiger partial charge is 0.481 e. The Morgan fingerprint density at radius 2 is 1.44 bits per heavy atom. The lowest BCUT2D eigenvalue weighted by atomic mass is 9.77. The molecule has 2 N–H and O–H groups in total. The van der Waals surface area contributed by atoms with E-state index in [1.54, 1.807) is 0 Å². The topological polar surface area (TPSA) is 155 Å². The summed E-state index contributed by atoms with van der Waals surface area (Å²) in [5, 5.41) is 11.2. The molecule has 0 saturated heterocycles. The van der Waals surface area contributed by atoms with Gasteiger partial charge in [0.2, 0.25) is 0 Å². The van der Waals surface area contributed by atoms with Crippen molar-refractivity contribution in [2.45, 2.75) is 25.9 Å². The molecule has 0 radical (unpaired) electrons. The van der Waals surface area contributed by atoms with Gasteiger partial charge < -0.3 is 29.4 Å². The number of fused-ring (bicyclic) bond motifs is 6. The number of esters is 3. The molecule has 0 unspecified atom stereocenters. The number of hydrogen-bond acceptors (Lipinski definition) is 9. The van der Waals surface area contributed by atoms with Crippen LogP contribution in [0.3, 0.4) is 0 Å². The van der Waals surface area contributed by atoms with Crippen LogP contribution in [-0.2, 0) is 24.7 Å². The molecule has 1 amide bonds. The summed E-state index contributed by atoms with van der Waals surface area (Å²) in [6, 6.07) is 7.86. The van der Waals surface area contributed by atoms with Gasteiger partial charge in [-0.3, -0.25) is 19.2 Å². The predicted octanol–water partition coefficient (Wildman–Crippen LogP) is 3.59. The standard InChI is InChI=1S/C28H19F2NO10/c1-12(32)38-23-10-21-17(8-19(23)29)28(18-9-20(30)24(39-13(2)33)11-22(18)40-21)16-4-3-14(7-15(16)27(37)41-28)26(36)31-6-5-25(34)35/h3-4,7-11H,5-6H2,1-2H3,(H,31,36)(H,34,35). The molecule has 2 heterocycles. The zero-order chi connectivity index (χ0) is 29.6. The molecule has 0 saturated carbocycles. The monoisotopic (exact) mass is 567 g/mol. The van der Waals surface area contributed by atoms with Crippen molar-refractivity contribution in [1.29, 1.82) is 0 Å². The molecule has 3 aromatic rings. The first-order valence-corrected chi connectivity index (χ1v) is 12.0. The molecule has 11 nitrogen and oxygen atoms in total. The average molecular weight is 567 g/mol. The van der Waals surface area contributed by atoms with Crippen LogP contribution >= 0.6 is 0 Å². The molecule has 0 bridgehead atoms. The van der Waals surface area contributed by atoms with Gasteiger partial charge in [0.25, 0.3) is 5.91 Å². The number of aliphatic carboxylic acids is 1. The number of halogens is 2. The fourth-order valence-corrected chi connectivity index (χ4v) is 4.71. The molecule has 210 valence electrons. The SMILES string of the molecule is CC(=O)Oc1cc2c(cc1F)C1(OC(=O)c3cc(C(=O)NCCC(=O)O)ccc31)c1cc(F)c(OC(C)=O)cc1O2. The Hall–Kier alpha value is -5.33. The maximum Gasteiger partial charge on any atom is 0.340 e. The van der Waals surface area contributed by atoms with Crippen LogP contribution in [0.5, 0.6) is 23.0 Å². The maximum atomic E-state index is 15.2. The first-order chi connectivity index (χ1) is 19.4. The highest BCUT2D eigenvalue weighted by molar-refractivity contribution is 6.01. The molecule has 0 fully saturated rings. The molecule has 3 aromatic carbocycles. The number of ether oxygens (including phenoxy) is 4. The quantitative estimate of drug-likeness (QED) is 0.334. The predicted molar refractivity (Wildman–Crippen MR) is 132 cm³/mol. The summed E-state index contributed by atoms with van der Waals surface area (Å²) in [6.07, 6.45) is -0.322. The minimum atomic E-state index is -1.99. The fourth-order valence-electron chi connectivity index (χ4n) is 4.71. The summed E-state index contributed by atoms with van der Waals surface area (Å²) < 4.78 is 51.8. The summed E-state index contributed by atoms with van der Waals surface area (Å²) in [6.45, 7) is 1.97. The number of carboxylic acid groups (broad SMARTS) is 1. The van der Waals surface area contributed by atoms with Crippen molar-refractivity contribution < 1.29 is 56.8 Å². The first kappa shape index (κ1) is 27.2. The number of rotatable bonds is 6. The van der Waals surface area contributed by atoms with Gasteiger partial charge in [-0.05, 0) is 24.3 Å². The van der Waals surface area contributed by atoms with E-state index in [1.165, 1.54) is 18.2 Å². The third-order valence-electron chi connectivity index (χ3n) is 6.31. The van der Waals surface area contributed by atoms with Gasteiger partial charge in [-0.15, -0.1) is 0 Å². The molecule has 0 atom stereocenters. The molecular formula is C28H19F2NO10. The second-order valence-electron chi connectivity index (χ2n) is 9.08. The van der Waals surface area contributed by atoms with Crippen LogP contribution in [0.15, 0.2) is 42.5 Å². The molecule has 1 spiro atoms. The Morgan fingerprint density at radius 3 is 1.95 bits per heavy atom. The number of benzene rings is 3. The smallest absolute Gasteiger partial charge is 0.340 e. The summed E-state index contributed by atoms with van der Waals surface area (Å²) in [4.78, 5) is 59.6. The third-order valence-corrected chi connectivity index (χ3v) is 6.31. The molecule has 0 aliphatic carbocycles. The van der Waals surface area contributed by atoms with Gasteiger partial charge in [0.1, 0.15) is 11.5 Å². The second-order valence-corrected chi connectivity index (χ2v) is 9.08. The van der Waals surface area contributed by atoms with E-state index in [9.17, 15) is 24.0 Å². The minimum absolute atomic E-state index is 0.00317. The summed E-state index contributed by atoms with van der Waals surface area (Å²) in [7, 11) is 0.